The average Bonchev–Trinajstić information content (AvgIpc) is 2.60. The summed E-state index contributed by atoms with van der Waals surface area (Å²) in [5.74, 6) is -2.34. The van der Waals surface area contributed by atoms with Crippen LogP contribution in [0.5, 0.6) is 11.5 Å². The summed E-state index contributed by atoms with van der Waals surface area (Å²) in [5.41, 5.74) is 5.21. The minimum Gasteiger partial charge on any atom is -0.504 e. The van der Waals surface area contributed by atoms with Gasteiger partial charge in [0.25, 0.3) is 5.91 Å². The monoisotopic (exact) mass is 381 g/mol. The number of aromatic nitrogens is 1. The molecular weight excluding hydrogens is 365 g/mol. The quantitative estimate of drug-likeness (QED) is 0.279. The Morgan fingerprint density at radius 1 is 1.23 bits per heavy atom. The van der Waals surface area contributed by atoms with Crippen LogP contribution in [0.1, 0.15) is 16.1 Å². The molecule has 0 radical (unpaired) electrons. The van der Waals surface area contributed by atoms with Gasteiger partial charge in [0, 0.05) is 12.6 Å². The second-order valence-electron chi connectivity index (χ2n) is 5.05. The summed E-state index contributed by atoms with van der Waals surface area (Å²) >= 11 is 0. The third-order valence-electron chi connectivity index (χ3n) is 3.20. The fourth-order valence-electron chi connectivity index (χ4n) is 2.00. The molecule has 138 valence electrons. The normalized spacial score (nSPS) is 11.8. The fraction of sp³-hybridized carbons (Fsp3) is 0.133. The Morgan fingerprint density at radius 2 is 2.00 bits per heavy atom. The predicted octanol–water partition coefficient (Wildman–Crippen LogP) is 0.308. The van der Waals surface area contributed by atoms with E-state index in [1.54, 1.807) is 12.1 Å². The van der Waals surface area contributed by atoms with E-state index in [9.17, 15) is 19.8 Å². The molecule has 0 saturated heterocycles. The van der Waals surface area contributed by atoms with Crippen LogP contribution in [0, 0.1) is 0 Å². The summed E-state index contributed by atoms with van der Waals surface area (Å²) < 4.78 is 4.61. The van der Waals surface area contributed by atoms with E-state index in [4.69, 9.17) is 9.79 Å². The van der Waals surface area contributed by atoms with Gasteiger partial charge in [0.2, 0.25) is 0 Å². The van der Waals surface area contributed by atoms with E-state index < -0.39 is 26.5 Å². The van der Waals surface area contributed by atoms with Crippen molar-refractivity contribution in [1.29, 1.82) is 0 Å². The number of phenolic OH excluding ortho intramolecular Hbond substituents is 1. The van der Waals surface area contributed by atoms with Gasteiger partial charge in [-0.25, -0.2) is 5.43 Å². The highest BCUT2D eigenvalue weighted by Gasteiger charge is 2.20. The van der Waals surface area contributed by atoms with Gasteiger partial charge < -0.3 is 24.5 Å². The maximum atomic E-state index is 11.9. The largest absolute Gasteiger partial charge is 0.504 e. The number of rotatable bonds is 8. The molecule has 2 aromatic rings. The number of benzene rings is 1. The van der Waals surface area contributed by atoms with Crippen molar-refractivity contribution in [2.24, 2.45) is 0 Å². The van der Waals surface area contributed by atoms with Crippen LogP contribution in [0.25, 0.3) is 0 Å². The van der Waals surface area contributed by atoms with Gasteiger partial charge in [0.05, 0.1) is 0 Å². The van der Waals surface area contributed by atoms with Gasteiger partial charge in [-0.15, -0.1) is 0 Å². The molecular formula is C15H16N3O7P. The third kappa shape index (κ3) is 5.64. The van der Waals surface area contributed by atoms with Crippen molar-refractivity contribution < 1.29 is 34.1 Å². The molecule has 1 heterocycles. The Hall–Kier alpha value is -2.78. The first-order chi connectivity index (χ1) is 12.4. The second-order valence-corrected chi connectivity index (χ2v) is 5.74. The highest BCUT2D eigenvalue weighted by molar-refractivity contribution is 7.39. The molecule has 26 heavy (non-hydrogen) atoms. The van der Waals surface area contributed by atoms with E-state index in [1.165, 1.54) is 30.5 Å². The van der Waals surface area contributed by atoms with Gasteiger partial charge in [-0.05, 0) is 29.8 Å². The number of carbonyl (C=O) groups is 2. The second kappa shape index (κ2) is 9.07. The Morgan fingerprint density at radius 3 is 2.58 bits per heavy atom. The number of nitrogens with one attached hydrogen (secondary N) is 2. The number of aromatic hydroxyl groups is 1. The molecule has 0 aliphatic carbocycles. The highest BCUT2D eigenvalue weighted by atomic mass is 31.2. The number of carbonyl (C=O) groups excluding carboxylic acids is 1. The minimum atomic E-state index is -2.68. The van der Waals surface area contributed by atoms with E-state index in [2.05, 4.69) is 20.4 Å². The summed E-state index contributed by atoms with van der Waals surface area (Å²) in [7, 11) is -2.68. The van der Waals surface area contributed by atoms with E-state index in [1.807, 2.05) is 0 Å². The van der Waals surface area contributed by atoms with Gasteiger partial charge in [0.15, 0.2) is 11.5 Å². The zero-order valence-electron chi connectivity index (χ0n) is 13.2. The minimum absolute atomic E-state index is 0.0708. The maximum absolute atomic E-state index is 11.9. The molecule has 1 atom stereocenters. The zero-order chi connectivity index (χ0) is 19.1. The molecule has 0 saturated carbocycles. The van der Waals surface area contributed by atoms with Crippen LogP contribution in [0.4, 0.5) is 0 Å². The molecule has 1 aromatic carbocycles. The fourth-order valence-corrected chi connectivity index (χ4v) is 2.33. The first kappa shape index (κ1) is 19.5. The molecule has 11 heteroatoms. The number of hydrazine groups is 1. The Kier molecular flexibility index (Phi) is 6.81. The van der Waals surface area contributed by atoms with Crippen molar-refractivity contribution in [3.8, 4) is 11.5 Å². The van der Waals surface area contributed by atoms with Gasteiger partial charge in [0.1, 0.15) is 11.7 Å². The molecule has 1 unspecified atom stereocenters. The Bertz CT molecular complexity index is 773. The lowest BCUT2D eigenvalue weighted by Gasteiger charge is -2.16. The summed E-state index contributed by atoms with van der Waals surface area (Å²) in [6, 6.07) is 7.51. The SMILES string of the molecule is O=C(NNC(Cc1ccc(OP(O)O)c(O)c1)C(=O)O)c1ccccn1. The van der Waals surface area contributed by atoms with Crippen molar-refractivity contribution in [2.75, 3.05) is 0 Å². The number of pyridine rings is 1. The van der Waals surface area contributed by atoms with Crippen molar-refractivity contribution in [2.45, 2.75) is 12.5 Å². The van der Waals surface area contributed by atoms with Crippen molar-refractivity contribution in [3.05, 3.63) is 53.9 Å². The number of carboxylic acid groups (broad SMARTS) is 1. The lowest BCUT2D eigenvalue weighted by atomic mass is 10.1. The maximum Gasteiger partial charge on any atom is 0.391 e. The van der Waals surface area contributed by atoms with Crippen LogP contribution in [-0.4, -0.2) is 42.9 Å². The summed E-state index contributed by atoms with van der Waals surface area (Å²) in [6.45, 7) is 0. The topological polar surface area (TPSA) is 161 Å². The summed E-state index contributed by atoms with van der Waals surface area (Å²) in [4.78, 5) is 44.7. The van der Waals surface area contributed by atoms with Crippen LogP contribution >= 0.6 is 8.60 Å². The standard InChI is InChI=1S/C15H16N3O7P/c19-12-8-9(4-5-13(12)25-26(23)24)7-11(15(21)22)17-18-14(20)10-3-1-2-6-16-10/h1-6,8,11,17,19,23-24H,7H2,(H,18,20)(H,21,22). The summed E-state index contributed by atoms with van der Waals surface area (Å²) in [5, 5.41) is 19.1. The average molecular weight is 381 g/mol. The van der Waals surface area contributed by atoms with Crippen LogP contribution < -0.4 is 15.4 Å². The lowest BCUT2D eigenvalue weighted by Crippen LogP contribution is -2.49. The van der Waals surface area contributed by atoms with Gasteiger partial charge in [-0.2, -0.15) is 0 Å². The van der Waals surface area contributed by atoms with Crippen molar-refractivity contribution in [3.63, 3.8) is 0 Å². The molecule has 1 aromatic heterocycles. The first-order valence-electron chi connectivity index (χ1n) is 7.24. The molecule has 0 fully saturated rings. The lowest BCUT2D eigenvalue weighted by molar-refractivity contribution is -0.139. The zero-order valence-corrected chi connectivity index (χ0v) is 14.1. The molecule has 1 amide bonds. The number of hydrogen-bond donors (Lipinski definition) is 6. The van der Waals surface area contributed by atoms with E-state index in [-0.39, 0.29) is 23.6 Å². The number of nitrogens with zero attached hydrogens (tertiary/aromatic N) is 1. The van der Waals surface area contributed by atoms with Crippen LogP contribution in [0.15, 0.2) is 42.6 Å². The Balaban J connectivity index is 2.01. The molecule has 0 spiro atoms. The van der Waals surface area contributed by atoms with Crippen LogP contribution in [0.2, 0.25) is 0 Å². The van der Waals surface area contributed by atoms with Crippen LogP contribution in [-0.2, 0) is 11.2 Å². The van der Waals surface area contributed by atoms with Crippen molar-refractivity contribution >= 4 is 20.5 Å². The molecule has 6 N–H and O–H groups in total. The molecule has 2 rings (SSSR count). The van der Waals surface area contributed by atoms with E-state index in [0.29, 0.717) is 5.56 Å². The van der Waals surface area contributed by atoms with E-state index in [0.717, 1.165) is 0 Å². The predicted molar refractivity (Wildman–Crippen MR) is 90.1 cm³/mol. The number of aliphatic carboxylic acids is 1. The molecule has 10 nitrogen and oxygen atoms in total. The van der Waals surface area contributed by atoms with Gasteiger partial charge in [-0.3, -0.25) is 20.0 Å². The highest BCUT2D eigenvalue weighted by Crippen LogP contribution is 2.36. The number of hydrogen-bond acceptors (Lipinski definition) is 8. The van der Waals surface area contributed by atoms with Gasteiger partial charge in [-0.1, -0.05) is 12.1 Å². The number of phenols is 1. The summed E-state index contributed by atoms with van der Waals surface area (Å²) in [6.07, 6.45) is 1.36. The Labute approximate surface area is 149 Å². The molecule has 0 aliphatic heterocycles. The third-order valence-corrected chi connectivity index (χ3v) is 3.56. The first-order valence-corrected chi connectivity index (χ1v) is 8.40. The number of amides is 1. The van der Waals surface area contributed by atoms with Crippen LogP contribution in [0.3, 0.4) is 0 Å². The van der Waals surface area contributed by atoms with Crippen molar-refractivity contribution in [1.82, 2.24) is 15.8 Å². The van der Waals surface area contributed by atoms with E-state index >= 15 is 0 Å². The smallest absolute Gasteiger partial charge is 0.391 e. The molecule has 0 aliphatic rings. The van der Waals surface area contributed by atoms with Gasteiger partial charge >= 0.3 is 14.6 Å². The molecule has 0 bridgehead atoms. The number of carboxylic acids is 1.